The van der Waals surface area contributed by atoms with Gasteiger partial charge in [-0.2, -0.15) is 5.10 Å². The van der Waals surface area contributed by atoms with Crippen molar-refractivity contribution in [2.75, 3.05) is 44.5 Å². The van der Waals surface area contributed by atoms with E-state index in [4.69, 9.17) is 30.3 Å². The molecule has 7 rings (SSSR count). The van der Waals surface area contributed by atoms with E-state index in [1.54, 1.807) is 59.0 Å². The van der Waals surface area contributed by atoms with Crippen LogP contribution in [-0.4, -0.2) is 114 Å². The number of imide groups is 1. The summed E-state index contributed by atoms with van der Waals surface area (Å²) >= 11 is 0. The first-order valence-corrected chi connectivity index (χ1v) is 22.1. The first-order valence-electron chi connectivity index (χ1n) is 22.1. The van der Waals surface area contributed by atoms with Gasteiger partial charge in [0, 0.05) is 75.9 Å². The number of ether oxygens (including phenoxy) is 2. The molecule has 0 radical (unpaired) electrons. The number of aromatic nitrogens is 6. The van der Waals surface area contributed by atoms with Crippen LogP contribution in [0.4, 0.5) is 11.9 Å². The topological polar surface area (TPSA) is 287 Å². The summed E-state index contributed by atoms with van der Waals surface area (Å²) in [7, 11) is 3.04. The van der Waals surface area contributed by atoms with Crippen molar-refractivity contribution >= 4 is 75.3 Å². The second-order valence-electron chi connectivity index (χ2n) is 16.1. The van der Waals surface area contributed by atoms with Crippen LogP contribution in [0.1, 0.15) is 85.5 Å². The molecule has 5 heterocycles. The van der Waals surface area contributed by atoms with Crippen LogP contribution >= 0.6 is 0 Å². The number of primary amides is 2. The molecule has 0 saturated heterocycles. The average molecular weight is 945 g/mol. The molecule has 0 atom stereocenters. The molecule has 4 aromatic heterocycles. The molecule has 0 aliphatic carbocycles. The Morgan fingerprint density at radius 3 is 1.96 bits per heavy atom. The van der Waals surface area contributed by atoms with E-state index in [0.717, 1.165) is 17.1 Å². The molecule has 0 fully saturated rings. The van der Waals surface area contributed by atoms with Gasteiger partial charge in [-0.05, 0) is 63.6 Å². The third-order valence-electron chi connectivity index (χ3n) is 11.3. The predicted octanol–water partition coefficient (Wildman–Crippen LogP) is 3.88. The lowest BCUT2D eigenvalue weighted by atomic mass is 10.1. The van der Waals surface area contributed by atoms with Gasteiger partial charge in [0.25, 0.3) is 23.6 Å². The Balaban J connectivity index is 1.20. The summed E-state index contributed by atoms with van der Waals surface area (Å²) in [5.74, 6) is -1.86. The van der Waals surface area contributed by atoms with Gasteiger partial charge >= 0.3 is 0 Å². The molecule has 0 spiro atoms. The normalized spacial score (nSPS) is 12.5. The fourth-order valence-corrected chi connectivity index (χ4v) is 7.90. The van der Waals surface area contributed by atoms with Crippen molar-refractivity contribution in [3.8, 4) is 11.5 Å². The highest BCUT2D eigenvalue weighted by Gasteiger charge is 2.26. The summed E-state index contributed by atoms with van der Waals surface area (Å²) in [6.45, 7) is 8.15. The van der Waals surface area contributed by atoms with Crippen LogP contribution in [0.2, 0.25) is 0 Å². The van der Waals surface area contributed by atoms with Crippen LogP contribution in [0.5, 0.6) is 11.5 Å². The van der Waals surface area contributed by atoms with Crippen molar-refractivity contribution < 1.29 is 47.5 Å². The van der Waals surface area contributed by atoms with Crippen LogP contribution in [0.3, 0.4) is 0 Å². The zero-order valence-corrected chi connectivity index (χ0v) is 39.0. The van der Waals surface area contributed by atoms with Crippen molar-refractivity contribution in [3.63, 3.8) is 0 Å². The molecule has 6 aromatic rings. The van der Waals surface area contributed by atoms with Gasteiger partial charge in [0.05, 0.1) is 36.0 Å². The van der Waals surface area contributed by atoms with E-state index in [9.17, 15) is 33.6 Å². The number of hydrogen-bond acceptors (Lipinski definition) is 13. The van der Waals surface area contributed by atoms with E-state index in [1.807, 2.05) is 13.8 Å². The van der Waals surface area contributed by atoms with Gasteiger partial charge in [-0.25, -0.2) is 9.97 Å². The number of hydrogen-bond donors (Lipinski definition) is 4. The Labute approximate surface area is 394 Å². The van der Waals surface area contributed by atoms with E-state index < -0.39 is 35.4 Å². The summed E-state index contributed by atoms with van der Waals surface area (Å²) in [6.07, 6.45) is 6.65. The van der Waals surface area contributed by atoms with E-state index in [1.165, 1.54) is 36.3 Å². The van der Waals surface area contributed by atoms with Crippen molar-refractivity contribution in [2.24, 2.45) is 11.5 Å². The summed E-state index contributed by atoms with van der Waals surface area (Å²) < 4.78 is 22.7. The first-order chi connectivity index (χ1) is 33.0. The zero-order valence-electron chi connectivity index (χ0n) is 39.0. The fourth-order valence-electron chi connectivity index (χ4n) is 7.90. The minimum Gasteiger partial charge on any atom is -0.494 e. The lowest BCUT2D eigenvalue weighted by Crippen LogP contribution is -2.36. The number of carbonyl (C=O) groups is 7. The molecule has 360 valence electrons. The van der Waals surface area contributed by atoms with Crippen molar-refractivity contribution in [2.45, 2.75) is 66.6 Å². The molecule has 0 bridgehead atoms. The second-order valence-corrected chi connectivity index (χ2v) is 16.1. The smallest absolute Gasteiger partial charge is 0.276 e. The van der Waals surface area contributed by atoms with Crippen LogP contribution in [0.25, 0.3) is 22.1 Å². The maximum Gasteiger partial charge on any atom is 0.276 e. The molecule has 22 heteroatoms. The Bertz CT molecular complexity index is 3080. The fraction of sp³-hybridized carbons (Fsp3) is 0.319. The maximum absolute atomic E-state index is 13.9. The molecule has 7 amide bonds. The van der Waals surface area contributed by atoms with Gasteiger partial charge in [0.2, 0.25) is 29.6 Å². The second kappa shape index (κ2) is 20.5. The van der Waals surface area contributed by atoms with Crippen molar-refractivity contribution in [1.29, 1.82) is 0 Å². The number of imidazole rings is 2. The van der Waals surface area contributed by atoms with E-state index in [0.29, 0.717) is 64.4 Å². The van der Waals surface area contributed by atoms with Crippen molar-refractivity contribution in [1.82, 2.24) is 38.7 Å². The number of benzene rings is 2. The standard InChI is InChI=1S/C47H52N12O10/c1-7-34-30(21-27(4)69-34)44(65)52-46-51-32-23-29(43(49)64)25-36(68-19-11-15-55(5)37(60)14-18-56-38(61)12-13-39(56)62)41(32)58(46)17-10-9-16-57-40-31(22-28(42(48)63)24-35(40)67-6)50-47(57)53-45(66)33-20-26(3)54-59(33)8-2/h9-10,12-13,20-25H,7-8,11,14-19H2,1-6H3,(H2,48,63)(H2,49,64)(H,50,53,66)(H,51,52,65)/b10-9+. The van der Waals surface area contributed by atoms with Gasteiger partial charge in [0.15, 0.2) is 0 Å². The monoisotopic (exact) mass is 944 g/mol. The first kappa shape index (κ1) is 48.4. The Morgan fingerprint density at radius 2 is 1.39 bits per heavy atom. The lowest BCUT2D eigenvalue weighted by molar-refractivity contribution is -0.138. The number of allylic oxidation sites excluding steroid dienone is 2. The number of fused-ring (bicyclic) bond motifs is 2. The lowest BCUT2D eigenvalue weighted by Gasteiger charge is -2.19. The van der Waals surface area contributed by atoms with Crippen LogP contribution in [0.15, 0.2) is 65.1 Å². The van der Waals surface area contributed by atoms with E-state index in [2.05, 4.69) is 20.7 Å². The number of nitrogens with zero attached hydrogens (tertiary/aromatic N) is 8. The van der Waals surface area contributed by atoms with Gasteiger partial charge in [-0.1, -0.05) is 19.1 Å². The number of aryl methyl sites for hydroxylation is 4. The molecule has 69 heavy (non-hydrogen) atoms. The predicted molar refractivity (Wildman–Crippen MR) is 252 cm³/mol. The number of nitrogens with one attached hydrogen (secondary N) is 2. The molecule has 1 aliphatic rings. The largest absolute Gasteiger partial charge is 0.494 e. The molecular formula is C47H52N12O10. The van der Waals surface area contributed by atoms with Gasteiger partial charge in [-0.15, -0.1) is 0 Å². The van der Waals surface area contributed by atoms with Crippen LogP contribution in [-0.2, 0) is 40.4 Å². The highest BCUT2D eigenvalue weighted by atomic mass is 16.5. The number of anilines is 2. The van der Waals surface area contributed by atoms with Crippen LogP contribution < -0.4 is 31.6 Å². The van der Waals surface area contributed by atoms with Gasteiger partial charge in [-0.3, -0.25) is 53.8 Å². The quantitative estimate of drug-likeness (QED) is 0.0453. The SMILES string of the molecule is CCc1oc(C)cc1C(=O)Nc1nc2cc(C(N)=O)cc(OCCCN(C)C(=O)CCN3C(=O)C=CC3=O)c2n1C/C=C/Cn1c(NC(=O)c2cc(C)nn2CC)nc2cc(C(N)=O)cc(OC)c21. The third kappa shape index (κ3) is 10.4. The minimum atomic E-state index is -0.748. The summed E-state index contributed by atoms with van der Waals surface area (Å²) in [4.78, 5) is 101. The molecule has 2 aromatic carbocycles. The highest BCUT2D eigenvalue weighted by Crippen LogP contribution is 2.33. The summed E-state index contributed by atoms with van der Waals surface area (Å²) in [5.41, 5.74) is 14.4. The molecule has 1 aliphatic heterocycles. The number of amides is 7. The Hall–Kier alpha value is -8.56. The molecule has 6 N–H and O–H groups in total. The van der Waals surface area contributed by atoms with Gasteiger partial charge in [0.1, 0.15) is 39.7 Å². The third-order valence-corrected chi connectivity index (χ3v) is 11.3. The average Bonchev–Trinajstić information content (AvgIpc) is 4.14. The molecule has 0 saturated carbocycles. The summed E-state index contributed by atoms with van der Waals surface area (Å²) in [6, 6.07) is 9.26. The number of carbonyl (C=O) groups excluding carboxylic acids is 7. The number of nitrogens with two attached hydrogens (primary N) is 2. The Morgan fingerprint density at radius 1 is 0.812 bits per heavy atom. The van der Waals surface area contributed by atoms with Crippen LogP contribution in [0, 0.1) is 13.8 Å². The van der Waals surface area contributed by atoms with E-state index >= 15 is 0 Å². The van der Waals surface area contributed by atoms with Gasteiger partial charge < -0.3 is 39.4 Å². The zero-order chi connectivity index (χ0) is 49.7. The maximum atomic E-state index is 13.9. The molecule has 22 nitrogen and oxygen atoms in total. The minimum absolute atomic E-state index is 0.0476. The highest BCUT2D eigenvalue weighted by molar-refractivity contribution is 6.13. The number of rotatable bonds is 21. The number of methoxy groups -OCH3 is 1. The summed E-state index contributed by atoms with van der Waals surface area (Å²) in [5, 5.41) is 10.2. The number of furan rings is 1. The molecule has 0 unspecified atom stereocenters. The van der Waals surface area contributed by atoms with Crippen molar-refractivity contribution in [3.05, 3.63) is 100 Å². The molecular weight excluding hydrogens is 893 g/mol. The Kier molecular flexibility index (Phi) is 14.4. The van der Waals surface area contributed by atoms with E-state index in [-0.39, 0.29) is 85.2 Å².